The minimum Gasteiger partial charge on any atom is -0.481 e. The molecule has 2 rings (SSSR count). The minimum absolute atomic E-state index is 0. The van der Waals surface area contributed by atoms with Crippen LogP contribution < -0.4 is 0 Å². The summed E-state index contributed by atoms with van der Waals surface area (Å²) in [5, 5.41) is 7.42. The van der Waals surface area contributed by atoms with Crippen LogP contribution in [-0.4, -0.2) is 11.1 Å². The van der Waals surface area contributed by atoms with Gasteiger partial charge < -0.3 is 5.11 Å². The molecule has 0 amide bonds. The summed E-state index contributed by atoms with van der Waals surface area (Å²) in [7, 11) is 0. The summed E-state index contributed by atoms with van der Waals surface area (Å²) in [6, 6.07) is 0. The Bertz CT molecular complexity index is 100. The van der Waals surface area contributed by atoms with Crippen molar-refractivity contribution in [1.82, 2.24) is 0 Å². The minimum atomic E-state index is -0.833. The Morgan fingerprint density at radius 2 is 0.800 bits per heavy atom. The van der Waals surface area contributed by atoms with E-state index in [-0.39, 0.29) is 18.6 Å². The summed E-state index contributed by atoms with van der Waals surface area (Å²) >= 11 is 0. The molecule has 3 heteroatoms. The van der Waals surface area contributed by atoms with Gasteiger partial charge >= 0.3 is 18.6 Å². The number of carboxylic acid groups (broad SMARTS) is 1. The molecule has 75 valence electrons. The molecule has 0 heterocycles. The Kier molecular flexibility index (Phi) is 16.3. The van der Waals surface area contributed by atoms with Gasteiger partial charge in [-0.2, -0.15) is 0 Å². The summed E-state index contributed by atoms with van der Waals surface area (Å²) < 4.78 is 0. The SMILES string of the molecule is CC(=O)O.[CH]1[CH][CH][CH][CH]1.[CH]1[CH][CH][CH][CH]1.[V+4]. The zero-order chi connectivity index (χ0) is 10.6. The van der Waals surface area contributed by atoms with Gasteiger partial charge in [0, 0.05) is 6.92 Å². The van der Waals surface area contributed by atoms with Gasteiger partial charge in [0.1, 0.15) is 0 Å². The average molecular weight is 241 g/mol. The van der Waals surface area contributed by atoms with Crippen molar-refractivity contribution in [2.75, 3.05) is 0 Å². The Labute approximate surface area is 106 Å². The largest absolute Gasteiger partial charge is 4.00 e. The molecule has 1 N–H and O–H groups in total. The molecule has 0 aromatic heterocycles. The monoisotopic (exact) mass is 241 g/mol. The van der Waals surface area contributed by atoms with Crippen molar-refractivity contribution in [3.05, 3.63) is 64.2 Å². The number of aliphatic carboxylic acids is 1. The van der Waals surface area contributed by atoms with Crippen molar-refractivity contribution in [2.24, 2.45) is 0 Å². The van der Waals surface area contributed by atoms with Crippen molar-refractivity contribution >= 4 is 5.97 Å². The molecule has 0 spiro atoms. The zero-order valence-corrected chi connectivity index (χ0v) is 9.97. The van der Waals surface area contributed by atoms with Gasteiger partial charge in [0.25, 0.3) is 5.97 Å². The normalized spacial score (nSPS) is 17.7. The standard InChI is InChI=1S/2C5H5.C2H4O2.V/c2*1-2-4-5-3-1;1-2(3)4;/h2*1-5H;1H3,(H,3,4);/q;;;+4. The molecular formula is C12H14O2V+4. The fourth-order valence-electron chi connectivity index (χ4n) is 0.642. The molecule has 2 saturated carbocycles. The van der Waals surface area contributed by atoms with E-state index in [2.05, 4.69) is 0 Å². The first-order valence-corrected chi connectivity index (χ1v) is 4.26. The average Bonchev–Trinajstić information content (AvgIpc) is 2.83. The fraction of sp³-hybridized carbons (Fsp3) is 0.0833. The van der Waals surface area contributed by atoms with Gasteiger partial charge in [-0.3, -0.25) is 4.79 Å². The molecular weight excluding hydrogens is 227 g/mol. The van der Waals surface area contributed by atoms with Crippen LogP contribution in [0.3, 0.4) is 0 Å². The molecule has 0 saturated heterocycles. The van der Waals surface area contributed by atoms with Crippen LogP contribution in [0.5, 0.6) is 0 Å². The van der Waals surface area contributed by atoms with Crippen LogP contribution in [0.15, 0.2) is 0 Å². The molecule has 0 unspecified atom stereocenters. The Hall–Kier alpha value is 0.0544. The smallest absolute Gasteiger partial charge is 0.481 e. The van der Waals surface area contributed by atoms with Crippen LogP contribution in [0, 0.1) is 64.2 Å². The maximum absolute atomic E-state index is 9.00. The van der Waals surface area contributed by atoms with E-state index >= 15 is 0 Å². The van der Waals surface area contributed by atoms with Crippen molar-refractivity contribution in [1.29, 1.82) is 0 Å². The van der Waals surface area contributed by atoms with E-state index in [4.69, 9.17) is 9.90 Å². The predicted molar refractivity (Wildman–Crippen MR) is 56.3 cm³/mol. The van der Waals surface area contributed by atoms with Gasteiger partial charge in [0.05, 0.1) is 0 Å². The maximum atomic E-state index is 9.00. The number of rotatable bonds is 0. The molecule has 2 aliphatic carbocycles. The molecule has 0 aliphatic heterocycles. The van der Waals surface area contributed by atoms with E-state index in [0.717, 1.165) is 6.92 Å². The molecule has 0 aromatic rings. The molecule has 2 fully saturated rings. The number of hydrogen-bond donors (Lipinski definition) is 1. The quantitative estimate of drug-likeness (QED) is 0.705. The third-order valence-corrected chi connectivity index (χ3v) is 1.11. The first-order valence-electron chi connectivity index (χ1n) is 4.26. The van der Waals surface area contributed by atoms with Crippen LogP contribution >= 0.6 is 0 Å². The van der Waals surface area contributed by atoms with E-state index in [9.17, 15) is 0 Å². The van der Waals surface area contributed by atoms with Crippen molar-refractivity contribution < 1.29 is 28.5 Å². The zero-order valence-electron chi connectivity index (χ0n) is 8.58. The van der Waals surface area contributed by atoms with E-state index < -0.39 is 5.97 Å². The second-order valence-corrected chi connectivity index (χ2v) is 2.44. The van der Waals surface area contributed by atoms with Gasteiger partial charge in [-0.05, 0) is 64.2 Å². The van der Waals surface area contributed by atoms with Crippen LogP contribution in [0.4, 0.5) is 0 Å². The van der Waals surface area contributed by atoms with Gasteiger partial charge in [0.15, 0.2) is 0 Å². The Morgan fingerprint density at radius 1 is 0.733 bits per heavy atom. The van der Waals surface area contributed by atoms with Gasteiger partial charge in [-0.1, -0.05) is 0 Å². The van der Waals surface area contributed by atoms with Crippen molar-refractivity contribution in [3.8, 4) is 0 Å². The molecule has 0 bridgehead atoms. The predicted octanol–water partition coefficient (Wildman–Crippen LogP) is 2.13. The molecule has 2 aliphatic rings. The number of carboxylic acids is 1. The summed E-state index contributed by atoms with van der Waals surface area (Å²) in [6.45, 7) is 1.08. The van der Waals surface area contributed by atoms with Crippen LogP contribution in [0.1, 0.15) is 6.92 Å². The number of carbonyl (C=O) groups is 1. The number of hydrogen-bond acceptors (Lipinski definition) is 1. The van der Waals surface area contributed by atoms with Crippen LogP contribution in [0.25, 0.3) is 0 Å². The van der Waals surface area contributed by atoms with Crippen molar-refractivity contribution in [3.63, 3.8) is 0 Å². The Balaban J connectivity index is 0. The van der Waals surface area contributed by atoms with Gasteiger partial charge in [0.2, 0.25) is 0 Å². The van der Waals surface area contributed by atoms with Crippen LogP contribution in [-0.2, 0) is 23.4 Å². The fourth-order valence-corrected chi connectivity index (χ4v) is 0.642. The van der Waals surface area contributed by atoms with Crippen LogP contribution in [0.2, 0.25) is 0 Å². The van der Waals surface area contributed by atoms with E-state index in [0.29, 0.717) is 0 Å². The van der Waals surface area contributed by atoms with Crippen molar-refractivity contribution in [2.45, 2.75) is 6.92 Å². The maximum Gasteiger partial charge on any atom is 4.00 e. The van der Waals surface area contributed by atoms with E-state index in [1.165, 1.54) is 0 Å². The van der Waals surface area contributed by atoms with E-state index in [1.54, 1.807) is 0 Å². The third kappa shape index (κ3) is 20.2. The molecule has 15 heavy (non-hydrogen) atoms. The second kappa shape index (κ2) is 14.1. The summed E-state index contributed by atoms with van der Waals surface area (Å²) in [5.74, 6) is -0.833. The summed E-state index contributed by atoms with van der Waals surface area (Å²) in [4.78, 5) is 9.00. The summed E-state index contributed by atoms with van der Waals surface area (Å²) in [6.07, 6.45) is 20.0. The van der Waals surface area contributed by atoms with Gasteiger partial charge in [-0.15, -0.1) is 0 Å². The Morgan fingerprint density at radius 3 is 0.867 bits per heavy atom. The summed E-state index contributed by atoms with van der Waals surface area (Å²) in [5.41, 5.74) is 0. The first-order chi connectivity index (χ1) is 6.73. The molecule has 2 nitrogen and oxygen atoms in total. The molecule has 0 aromatic carbocycles. The topological polar surface area (TPSA) is 37.3 Å². The first kappa shape index (κ1) is 17.4. The third-order valence-electron chi connectivity index (χ3n) is 1.11. The molecule has 11 radical (unpaired) electrons. The van der Waals surface area contributed by atoms with Gasteiger partial charge in [-0.25, -0.2) is 0 Å². The van der Waals surface area contributed by atoms with E-state index in [1.807, 2.05) is 64.2 Å². The molecule has 0 atom stereocenters. The second-order valence-electron chi connectivity index (χ2n) is 2.44.